The highest BCUT2D eigenvalue weighted by molar-refractivity contribution is 5.99. The van der Waals surface area contributed by atoms with E-state index in [2.05, 4.69) is 29.2 Å². The minimum Gasteiger partial charge on any atom is -0.482 e. The average Bonchev–Trinajstić information content (AvgIpc) is 2.92. The summed E-state index contributed by atoms with van der Waals surface area (Å²) < 4.78 is 48.5. The Bertz CT molecular complexity index is 1450. The molecule has 0 saturated carbocycles. The van der Waals surface area contributed by atoms with Crippen molar-refractivity contribution in [3.63, 3.8) is 0 Å². The summed E-state index contributed by atoms with van der Waals surface area (Å²) in [6, 6.07) is 8.87. The van der Waals surface area contributed by atoms with Crippen molar-refractivity contribution in [2.45, 2.75) is 39.1 Å². The number of ether oxygens (including phenoxy) is 1. The summed E-state index contributed by atoms with van der Waals surface area (Å²) in [5.74, 6) is -5.66. The molecule has 0 saturated heterocycles. The number of aromatic nitrogens is 1. The molecular weight excluding hydrogens is 525 g/mol. The van der Waals surface area contributed by atoms with Crippen LogP contribution < -0.4 is 26.2 Å². The normalized spacial score (nSPS) is 12.1. The number of nitrogens with zero attached hydrogens (tertiary/aromatic N) is 1. The van der Waals surface area contributed by atoms with E-state index < -0.39 is 70.2 Å². The van der Waals surface area contributed by atoms with Gasteiger partial charge in [-0.3, -0.25) is 19.1 Å². The second kappa shape index (κ2) is 13.3. The predicted octanol–water partition coefficient (Wildman–Crippen LogP) is 4.20. The van der Waals surface area contributed by atoms with Gasteiger partial charge >= 0.3 is 0 Å². The zero-order valence-corrected chi connectivity index (χ0v) is 22.0. The highest BCUT2D eigenvalue weighted by Gasteiger charge is 2.27. The average molecular weight is 555 g/mol. The van der Waals surface area contributed by atoms with Crippen molar-refractivity contribution in [1.29, 1.82) is 0 Å². The van der Waals surface area contributed by atoms with E-state index >= 15 is 0 Å². The van der Waals surface area contributed by atoms with Crippen LogP contribution >= 0.6 is 0 Å². The van der Waals surface area contributed by atoms with Crippen molar-refractivity contribution < 1.29 is 27.5 Å². The fourth-order valence-electron chi connectivity index (χ4n) is 3.54. The molecule has 0 bridgehead atoms. The van der Waals surface area contributed by atoms with E-state index in [0.717, 1.165) is 10.9 Å². The molecular formula is C29H29F3N4O4. The number of halogens is 3. The van der Waals surface area contributed by atoms with E-state index in [0.29, 0.717) is 17.7 Å². The Morgan fingerprint density at radius 1 is 1.00 bits per heavy atom. The van der Waals surface area contributed by atoms with Crippen molar-refractivity contribution in [1.82, 2.24) is 15.3 Å². The molecule has 40 heavy (non-hydrogen) atoms. The van der Waals surface area contributed by atoms with Crippen molar-refractivity contribution in [3.05, 3.63) is 124 Å². The third kappa shape index (κ3) is 7.19. The molecule has 0 aliphatic heterocycles. The molecule has 1 heterocycles. The molecule has 2 aromatic carbocycles. The Kier molecular flexibility index (Phi) is 9.91. The van der Waals surface area contributed by atoms with Gasteiger partial charge in [-0.1, -0.05) is 42.5 Å². The van der Waals surface area contributed by atoms with Gasteiger partial charge < -0.3 is 20.8 Å². The summed E-state index contributed by atoms with van der Waals surface area (Å²) in [5, 5.41) is 4.95. The van der Waals surface area contributed by atoms with Gasteiger partial charge in [0.05, 0.1) is 6.04 Å². The number of hydrogen-bond donors (Lipinski definition) is 3. The minimum atomic E-state index is -1.20. The van der Waals surface area contributed by atoms with Crippen LogP contribution in [-0.4, -0.2) is 28.6 Å². The molecule has 0 aliphatic carbocycles. The molecule has 3 rings (SSSR count). The summed E-state index contributed by atoms with van der Waals surface area (Å²) in [6.45, 7) is 9.93. The van der Waals surface area contributed by atoms with Gasteiger partial charge in [-0.25, -0.2) is 13.2 Å². The van der Waals surface area contributed by atoms with E-state index in [1.54, 1.807) is 44.2 Å². The van der Waals surface area contributed by atoms with Crippen LogP contribution in [0.25, 0.3) is 0 Å². The van der Waals surface area contributed by atoms with Crippen LogP contribution in [0.2, 0.25) is 0 Å². The first-order chi connectivity index (χ1) is 19.0. The van der Waals surface area contributed by atoms with E-state index in [1.165, 1.54) is 12.2 Å². The van der Waals surface area contributed by atoms with Gasteiger partial charge in [0.15, 0.2) is 11.4 Å². The number of hydrogen-bond acceptors (Lipinski definition) is 5. The number of rotatable bonds is 12. The number of nitrogens with one attached hydrogen (secondary N) is 3. The Morgan fingerprint density at radius 3 is 2.23 bits per heavy atom. The van der Waals surface area contributed by atoms with Crippen LogP contribution in [0.1, 0.15) is 45.8 Å². The van der Waals surface area contributed by atoms with E-state index in [1.807, 2.05) is 0 Å². The third-order valence-electron chi connectivity index (χ3n) is 5.79. The standard InChI is InChI=1S/C29H29F3N4O4/c1-5-17(3)34-29(39)25-27(40-16-19-10-8-7-9-11-19)26(37)22(15-36(25)35-18(4)6-2)28(38)33-14-21-23(31)12-20(30)13-24(21)32/h5-13,15,17-18,35H,1-2,14,16H2,3-4H3,(H,33,38)(H,34,39)/t17-,18+/m0/s1. The number of amides is 2. The van der Waals surface area contributed by atoms with Crippen molar-refractivity contribution in [3.8, 4) is 5.75 Å². The van der Waals surface area contributed by atoms with Crippen LogP contribution in [0, 0.1) is 17.5 Å². The van der Waals surface area contributed by atoms with Gasteiger partial charge in [0, 0.05) is 36.5 Å². The van der Waals surface area contributed by atoms with E-state index in [4.69, 9.17) is 4.74 Å². The third-order valence-corrected chi connectivity index (χ3v) is 5.79. The lowest BCUT2D eigenvalue weighted by atomic mass is 10.1. The zero-order valence-electron chi connectivity index (χ0n) is 22.0. The molecule has 2 amide bonds. The van der Waals surface area contributed by atoms with E-state index in [-0.39, 0.29) is 12.3 Å². The smallest absolute Gasteiger partial charge is 0.274 e. The molecule has 3 aromatic rings. The molecule has 3 N–H and O–H groups in total. The predicted molar refractivity (Wildman–Crippen MR) is 145 cm³/mol. The Labute approximate surface area is 229 Å². The van der Waals surface area contributed by atoms with Crippen LogP contribution in [0.15, 0.2) is 78.8 Å². The molecule has 0 spiro atoms. The van der Waals surface area contributed by atoms with Crippen LogP contribution in [0.3, 0.4) is 0 Å². The van der Waals surface area contributed by atoms with E-state index in [9.17, 15) is 27.6 Å². The molecule has 2 atom stereocenters. The Morgan fingerprint density at radius 2 is 1.62 bits per heavy atom. The lowest BCUT2D eigenvalue weighted by Gasteiger charge is -2.23. The molecule has 11 heteroatoms. The summed E-state index contributed by atoms with van der Waals surface area (Å²) in [4.78, 5) is 40.0. The summed E-state index contributed by atoms with van der Waals surface area (Å²) in [7, 11) is 0. The second-order valence-corrected chi connectivity index (χ2v) is 8.88. The molecule has 0 unspecified atom stereocenters. The minimum absolute atomic E-state index is 0.110. The zero-order chi connectivity index (χ0) is 29.4. The second-order valence-electron chi connectivity index (χ2n) is 8.88. The maximum atomic E-state index is 14.1. The molecule has 8 nitrogen and oxygen atoms in total. The lowest BCUT2D eigenvalue weighted by Crippen LogP contribution is -2.40. The van der Waals surface area contributed by atoms with Gasteiger partial charge in [-0.2, -0.15) is 0 Å². The Balaban J connectivity index is 2.10. The van der Waals surface area contributed by atoms with Gasteiger partial charge in [0.25, 0.3) is 11.8 Å². The molecule has 210 valence electrons. The fourth-order valence-corrected chi connectivity index (χ4v) is 3.54. The monoisotopic (exact) mass is 554 g/mol. The van der Waals surface area contributed by atoms with Gasteiger partial charge in [-0.05, 0) is 19.4 Å². The summed E-state index contributed by atoms with van der Waals surface area (Å²) in [6.07, 6.45) is 4.09. The summed E-state index contributed by atoms with van der Waals surface area (Å²) >= 11 is 0. The molecule has 1 aromatic heterocycles. The fraction of sp³-hybridized carbons (Fsp3) is 0.207. The molecule has 0 fully saturated rings. The maximum absolute atomic E-state index is 14.1. The quantitative estimate of drug-likeness (QED) is 0.292. The lowest BCUT2D eigenvalue weighted by molar-refractivity contribution is 0.0921. The van der Waals surface area contributed by atoms with Crippen molar-refractivity contribution in [2.75, 3.05) is 5.43 Å². The van der Waals surface area contributed by atoms with Gasteiger partial charge in [0.1, 0.15) is 29.6 Å². The first-order valence-corrected chi connectivity index (χ1v) is 12.3. The van der Waals surface area contributed by atoms with Crippen molar-refractivity contribution >= 4 is 11.8 Å². The van der Waals surface area contributed by atoms with Crippen molar-refractivity contribution in [2.24, 2.45) is 0 Å². The number of carbonyl (C=O) groups is 2. The first-order valence-electron chi connectivity index (χ1n) is 12.3. The van der Waals surface area contributed by atoms with Crippen LogP contribution in [-0.2, 0) is 13.2 Å². The van der Waals surface area contributed by atoms with Gasteiger partial charge in [-0.15, -0.1) is 13.2 Å². The molecule has 0 aliphatic rings. The molecule has 0 radical (unpaired) electrons. The highest BCUT2D eigenvalue weighted by Crippen LogP contribution is 2.19. The largest absolute Gasteiger partial charge is 0.482 e. The topological polar surface area (TPSA) is 101 Å². The van der Waals surface area contributed by atoms with Crippen LogP contribution in [0.5, 0.6) is 5.75 Å². The SMILES string of the molecule is C=C[C@@H](C)Nn1cc(C(=O)NCc2c(F)cc(F)cc2F)c(=O)c(OCc2ccccc2)c1C(=O)N[C@@H](C)C=C. The number of pyridine rings is 1. The van der Waals surface area contributed by atoms with Gasteiger partial charge in [0.2, 0.25) is 5.43 Å². The van der Waals surface area contributed by atoms with Crippen LogP contribution in [0.4, 0.5) is 13.2 Å². The number of carbonyl (C=O) groups excluding carboxylic acids is 2. The Hall–Kier alpha value is -4.80. The maximum Gasteiger partial charge on any atom is 0.274 e. The first kappa shape index (κ1) is 29.8. The number of benzene rings is 2. The highest BCUT2D eigenvalue weighted by atomic mass is 19.1. The summed E-state index contributed by atoms with van der Waals surface area (Å²) in [5.41, 5.74) is 1.39.